The Labute approximate surface area is 95.2 Å². The summed E-state index contributed by atoms with van der Waals surface area (Å²) in [6, 6.07) is 1.91. The summed E-state index contributed by atoms with van der Waals surface area (Å²) in [5.41, 5.74) is 7.68. The molecule has 0 saturated carbocycles. The Kier molecular flexibility index (Phi) is 5.04. The molecule has 0 spiro atoms. The predicted molar refractivity (Wildman–Crippen MR) is 69.4 cm³/mol. The minimum atomic E-state index is 0.742. The summed E-state index contributed by atoms with van der Waals surface area (Å²) in [5.74, 6) is 2.80. The SMILES string of the molecule is C=CCSCCNc1nccc(C)c1N. The van der Waals surface area contributed by atoms with Crippen LogP contribution in [0.1, 0.15) is 5.56 Å². The number of thioether (sulfide) groups is 1. The van der Waals surface area contributed by atoms with E-state index in [0.29, 0.717) is 0 Å². The lowest BCUT2D eigenvalue weighted by Gasteiger charge is -2.09. The minimum Gasteiger partial charge on any atom is -0.396 e. The van der Waals surface area contributed by atoms with Crippen LogP contribution in [0.4, 0.5) is 11.5 Å². The first kappa shape index (κ1) is 11.9. The fourth-order valence-corrected chi connectivity index (χ4v) is 1.70. The third-order valence-electron chi connectivity index (χ3n) is 1.98. The van der Waals surface area contributed by atoms with Crippen molar-refractivity contribution in [1.82, 2.24) is 4.98 Å². The predicted octanol–water partition coefficient (Wildman–Crippen LogP) is 2.30. The molecule has 0 aliphatic carbocycles. The molecule has 3 N–H and O–H groups in total. The fourth-order valence-electron chi connectivity index (χ4n) is 1.12. The molecule has 0 aliphatic rings. The number of nitrogens with one attached hydrogen (secondary N) is 1. The first-order valence-corrected chi connectivity index (χ1v) is 6.04. The third-order valence-corrected chi connectivity index (χ3v) is 2.95. The van der Waals surface area contributed by atoms with Crippen molar-refractivity contribution in [3.63, 3.8) is 0 Å². The molecular formula is C11H17N3S. The van der Waals surface area contributed by atoms with Gasteiger partial charge in [0.1, 0.15) is 5.82 Å². The molecule has 0 atom stereocenters. The van der Waals surface area contributed by atoms with Gasteiger partial charge >= 0.3 is 0 Å². The highest BCUT2D eigenvalue weighted by Crippen LogP contribution is 2.18. The van der Waals surface area contributed by atoms with Gasteiger partial charge in [-0.1, -0.05) is 6.08 Å². The molecule has 0 fully saturated rings. The Morgan fingerprint density at radius 2 is 2.47 bits per heavy atom. The monoisotopic (exact) mass is 223 g/mol. The minimum absolute atomic E-state index is 0.742. The molecule has 0 aromatic carbocycles. The van der Waals surface area contributed by atoms with Gasteiger partial charge in [0.15, 0.2) is 0 Å². The zero-order chi connectivity index (χ0) is 11.1. The number of aromatic nitrogens is 1. The van der Waals surface area contributed by atoms with Gasteiger partial charge < -0.3 is 11.1 Å². The van der Waals surface area contributed by atoms with Gasteiger partial charge in [0.05, 0.1) is 5.69 Å². The highest BCUT2D eigenvalue weighted by molar-refractivity contribution is 7.99. The molecule has 0 amide bonds. The lowest BCUT2D eigenvalue weighted by molar-refractivity contribution is 1.16. The average Bonchev–Trinajstić information content (AvgIpc) is 2.24. The number of hydrogen-bond acceptors (Lipinski definition) is 4. The van der Waals surface area contributed by atoms with Gasteiger partial charge in [-0.3, -0.25) is 0 Å². The first-order chi connectivity index (χ1) is 7.25. The second-order valence-electron chi connectivity index (χ2n) is 3.18. The molecule has 4 heteroatoms. The van der Waals surface area contributed by atoms with Crippen LogP contribution in [0.3, 0.4) is 0 Å². The normalized spacial score (nSPS) is 9.93. The number of nitrogen functional groups attached to an aromatic ring is 1. The zero-order valence-electron chi connectivity index (χ0n) is 8.99. The van der Waals surface area contributed by atoms with Crippen LogP contribution in [-0.2, 0) is 0 Å². The van der Waals surface area contributed by atoms with E-state index in [1.165, 1.54) is 0 Å². The van der Waals surface area contributed by atoms with Crippen LogP contribution in [-0.4, -0.2) is 23.0 Å². The van der Waals surface area contributed by atoms with Gasteiger partial charge in [-0.25, -0.2) is 4.98 Å². The highest BCUT2D eigenvalue weighted by atomic mass is 32.2. The molecule has 0 radical (unpaired) electrons. The molecule has 0 unspecified atom stereocenters. The average molecular weight is 223 g/mol. The molecule has 0 saturated heterocycles. The van der Waals surface area contributed by atoms with E-state index in [0.717, 1.165) is 35.1 Å². The molecule has 3 nitrogen and oxygen atoms in total. The molecule has 0 bridgehead atoms. The van der Waals surface area contributed by atoms with E-state index in [4.69, 9.17) is 5.73 Å². The number of nitrogens with two attached hydrogens (primary N) is 1. The van der Waals surface area contributed by atoms with Crippen LogP contribution in [0.5, 0.6) is 0 Å². The van der Waals surface area contributed by atoms with E-state index in [1.54, 1.807) is 6.20 Å². The van der Waals surface area contributed by atoms with Crippen molar-refractivity contribution in [2.75, 3.05) is 29.1 Å². The number of rotatable bonds is 6. The van der Waals surface area contributed by atoms with Crippen LogP contribution in [0, 0.1) is 6.92 Å². The van der Waals surface area contributed by atoms with Crippen molar-refractivity contribution in [2.45, 2.75) is 6.92 Å². The van der Waals surface area contributed by atoms with E-state index in [1.807, 2.05) is 30.8 Å². The van der Waals surface area contributed by atoms with Crippen LogP contribution in [0.25, 0.3) is 0 Å². The summed E-state index contributed by atoms with van der Waals surface area (Å²) >= 11 is 1.83. The highest BCUT2D eigenvalue weighted by Gasteiger charge is 2.01. The van der Waals surface area contributed by atoms with Crippen molar-refractivity contribution in [3.8, 4) is 0 Å². The van der Waals surface area contributed by atoms with Gasteiger partial charge in [-0.15, -0.1) is 6.58 Å². The van der Waals surface area contributed by atoms with Crippen LogP contribution in [0.2, 0.25) is 0 Å². The Bertz CT molecular complexity index is 326. The number of aryl methyl sites for hydroxylation is 1. The number of pyridine rings is 1. The molecular weight excluding hydrogens is 206 g/mol. The molecule has 1 aromatic rings. The van der Waals surface area contributed by atoms with E-state index < -0.39 is 0 Å². The molecule has 15 heavy (non-hydrogen) atoms. The van der Waals surface area contributed by atoms with Crippen molar-refractivity contribution < 1.29 is 0 Å². The van der Waals surface area contributed by atoms with Gasteiger partial charge in [-0.2, -0.15) is 11.8 Å². The second kappa shape index (κ2) is 6.35. The van der Waals surface area contributed by atoms with Gasteiger partial charge in [0, 0.05) is 24.2 Å². The van der Waals surface area contributed by atoms with Gasteiger partial charge in [0.2, 0.25) is 0 Å². The Morgan fingerprint density at radius 3 is 3.20 bits per heavy atom. The summed E-state index contributed by atoms with van der Waals surface area (Å²) in [6.45, 7) is 6.52. The summed E-state index contributed by atoms with van der Waals surface area (Å²) in [4.78, 5) is 4.19. The lowest BCUT2D eigenvalue weighted by atomic mass is 10.2. The van der Waals surface area contributed by atoms with Crippen LogP contribution >= 0.6 is 11.8 Å². The smallest absolute Gasteiger partial charge is 0.149 e. The Morgan fingerprint density at radius 1 is 1.67 bits per heavy atom. The molecule has 0 aliphatic heterocycles. The maximum absolute atomic E-state index is 5.88. The molecule has 1 rings (SSSR count). The number of anilines is 2. The van der Waals surface area contributed by atoms with E-state index in [-0.39, 0.29) is 0 Å². The fraction of sp³-hybridized carbons (Fsp3) is 0.364. The topological polar surface area (TPSA) is 50.9 Å². The standard InChI is InChI=1S/C11H17N3S/c1-3-7-15-8-6-14-11-10(12)9(2)4-5-13-11/h3-5H,1,6-8,12H2,2H3,(H,13,14). The van der Waals surface area contributed by atoms with Crippen molar-refractivity contribution >= 4 is 23.3 Å². The summed E-state index contributed by atoms with van der Waals surface area (Å²) in [6.07, 6.45) is 3.68. The van der Waals surface area contributed by atoms with Crippen LogP contribution < -0.4 is 11.1 Å². The Balaban J connectivity index is 2.37. The Hall–Kier alpha value is -1.16. The molecule has 82 valence electrons. The quantitative estimate of drug-likeness (QED) is 0.574. The van der Waals surface area contributed by atoms with Crippen LogP contribution in [0.15, 0.2) is 24.9 Å². The number of nitrogens with zero attached hydrogens (tertiary/aromatic N) is 1. The van der Waals surface area contributed by atoms with E-state index in [2.05, 4.69) is 16.9 Å². The first-order valence-electron chi connectivity index (χ1n) is 4.89. The maximum Gasteiger partial charge on any atom is 0.149 e. The second-order valence-corrected chi connectivity index (χ2v) is 4.33. The number of hydrogen-bond donors (Lipinski definition) is 2. The molecule has 1 aromatic heterocycles. The zero-order valence-corrected chi connectivity index (χ0v) is 9.81. The maximum atomic E-state index is 5.88. The van der Waals surface area contributed by atoms with Gasteiger partial charge in [-0.05, 0) is 18.6 Å². The summed E-state index contributed by atoms with van der Waals surface area (Å²) < 4.78 is 0. The van der Waals surface area contributed by atoms with Crippen molar-refractivity contribution in [1.29, 1.82) is 0 Å². The van der Waals surface area contributed by atoms with E-state index in [9.17, 15) is 0 Å². The van der Waals surface area contributed by atoms with Crippen molar-refractivity contribution in [2.24, 2.45) is 0 Å². The summed E-state index contributed by atoms with van der Waals surface area (Å²) in [5, 5.41) is 3.22. The summed E-state index contributed by atoms with van der Waals surface area (Å²) in [7, 11) is 0. The third kappa shape index (κ3) is 3.83. The lowest BCUT2D eigenvalue weighted by Crippen LogP contribution is -2.08. The van der Waals surface area contributed by atoms with E-state index >= 15 is 0 Å². The van der Waals surface area contributed by atoms with Gasteiger partial charge in [0.25, 0.3) is 0 Å². The molecule has 1 heterocycles. The largest absolute Gasteiger partial charge is 0.396 e. The van der Waals surface area contributed by atoms with Crippen molar-refractivity contribution in [3.05, 3.63) is 30.5 Å².